The molecule has 12 rings (SSSR count). The molecule has 8 saturated carbocycles. The summed E-state index contributed by atoms with van der Waals surface area (Å²) in [5.74, 6) is 0.634. The van der Waals surface area contributed by atoms with Crippen LogP contribution in [0.4, 0.5) is 8.78 Å². The molecule has 8 bridgehead atoms. The number of alkyl halides is 2. The Morgan fingerprint density at radius 3 is 1.93 bits per heavy atom. The standard InChI is InChI=1S/C50H68F2N4O3/c1-43(2)33-54-19-13-40(43)56-41(58)47-22-34-20-44(25-47,14-16-51)24-46(21-34,29-47)36-8-10-37(11-9-36)49-27-45(15-17-52)26-48(30-49,35-6-4-3-5-7-35)31-50(28-45,32-49)42(59)55-38-12-18-53-23-39(38)57/h3-11,34,38-40,53-54,57H,12-33H2,1-2H3,(H,55,59)(H,56,58)/t34?,38-,39-,40?,44-,45+,46-,47?,48+,49?,50?/m1/s1. The smallest absolute Gasteiger partial charge is 0.226 e. The number of hydrogen-bond donors (Lipinski definition) is 5. The second-order valence-corrected chi connectivity index (χ2v) is 22.9. The third kappa shape index (κ3) is 6.46. The Kier molecular flexibility index (Phi) is 9.59. The van der Waals surface area contributed by atoms with Crippen LogP contribution in [0.1, 0.15) is 133 Å². The zero-order chi connectivity index (χ0) is 40.9. The molecule has 320 valence electrons. The van der Waals surface area contributed by atoms with Crippen molar-refractivity contribution < 1.29 is 23.5 Å². The molecule has 0 aromatic heterocycles. The van der Waals surface area contributed by atoms with E-state index in [-0.39, 0.29) is 63.1 Å². The number of aliphatic hydroxyl groups excluding tert-OH is 1. The Hall–Kier alpha value is -2.88. The normalized spacial score (nSPS) is 44.0. The molecule has 10 aliphatic rings. The Morgan fingerprint density at radius 1 is 0.661 bits per heavy atom. The van der Waals surface area contributed by atoms with E-state index in [9.17, 15) is 23.5 Å². The molecule has 10 fully saturated rings. The predicted molar refractivity (Wildman–Crippen MR) is 226 cm³/mol. The summed E-state index contributed by atoms with van der Waals surface area (Å²) in [6, 6.07) is 19.9. The topological polar surface area (TPSA) is 102 Å². The number of halogens is 2. The first-order valence-corrected chi connectivity index (χ1v) is 23.2. The van der Waals surface area contributed by atoms with Gasteiger partial charge >= 0.3 is 0 Å². The van der Waals surface area contributed by atoms with Crippen molar-refractivity contribution in [3.8, 4) is 0 Å². The average molecular weight is 811 g/mol. The average Bonchev–Trinajstić information content (AvgIpc) is 3.19. The SMILES string of the molecule is CC1(C)CNCCC1NC(=O)C12CC3C[C@@](CCF)(C1)C[C@](c1ccc(C45CC6(C(=O)N[C@@H]7CCNC[C@H]7O)C[C@](CCF)(C4)C[C@@](c4ccccc4)(C6)C5)cc1)(C3)C2. The zero-order valence-electron chi connectivity index (χ0n) is 35.6. The molecule has 8 aliphatic carbocycles. The molecule has 2 heterocycles. The predicted octanol–water partition coefficient (Wildman–Crippen LogP) is 7.49. The summed E-state index contributed by atoms with van der Waals surface area (Å²) in [4.78, 5) is 29.7. The van der Waals surface area contributed by atoms with E-state index in [1.807, 2.05) is 0 Å². The van der Waals surface area contributed by atoms with Crippen molar-refractivity contribution in [2.24, 2.45) is 33.0 Å². The molecule has 2 amide bonds. The van der Waals surface area contributed by atoms with E-state index in [2.05, 4.69) is 89.7 Å². The Bertz CT molecular complexity index is 1950. The lowest BCUT2D eigenvalue weighted by Gasteiger charge is -2.70. The molecule has 59 heavy (non-hydrogen) atoms. The van der Waals surface area contributed by atoms with E-state index in [1.54, 1.807) is 0 Å². The zero-order valence-corrected chi connectivity index (χ0v) is 35.6. The molecule has 11 atom stereocenters. The number of aliphatic hydroxyl groups is 1. The summed E-state index contributed by atoms with van der Waals surface area (Å²) in [5, 5.41) is 24.7. The largest absolute Gasteiger partial charge is 0.390 e. The van der Waals surface area contributed by atoms with Crippen LogP contribution in [0, 0.1) is 33.0 Å². The van der Waals surface area contributed by atoms with Crippen LogP contribution in [0.25, 0.3) is 0 Å². The highest BCUT2D eigenvalue weighted by molar-refractivity contribution is 5.85. The number of hydrogen-bond acceptors (Lipinski definition) is 5. The van der Waals surface area contributed by atoms with Crippen molar-refractivity contribution in [2.45, 2.75) is 151 Å². The molecule has 5 unspecified atom stereocenters. The van der Waals surface area contributed by atoms with Gasteiger partial charge in [-0.2, -0.15) is 0 Å². The lowest BCUT2D eigenvalue weighted by atomic mass is 9.33. The van der Waals surface area contributed by atoms with E-state index in [0.29, 0.717) is 38.1 Å². The second kappa shape index (κ2) is 14.1. The maximum atomic E-state index is 14.9. The van der Waals surface area contributed by atoms with Crippen LogP contribution in [0.3, 0.4) is 0 Å². The Labute approximate surface area is 350 Å². The maximum absolute atomic E-state index is 14.9. The fourth-order valence-corrected chi connectivity index (χ4v) is 16.9. The molecular formula is C50H68F2N4O3. The van der Waals surface area contributed by atoms with Crippen molar-refractivity contribution in [3.63, 3.8) is 0 Å². The highest BCUT2D eigenvalue weighted by Crippen LogP contribution is 2.76. The van der Waals surface area contributed by atoms with Crippen molar-refractivity contribution in [1.29, 1.82) is 0 Å². The molecule has 0 spiro atoms. The number of rotatable bonds is 11. The van der Waals surface area contributed by atoms with E-state index in [0.717, 1.165) is 96.7 Å². The summed E-state index contributed by atoms with van der Waals surface area (Å²) in [6.45, 7) is 6.74. The third-order valence-electron chi connectivity index (χ3n) is 18.3. The van der Waals surface area contributed by atoms with Gasteiger partial charge in [-0.1, -0.05) is 68.4 Å². The second-order valence-electron chi connectivity index (χ2n) is 22.9. The molecular weight excluding hydrogens is 743 g/mol. The van der Waals surface area contributed by atoms with Gasteiger partial charge in [-0.3, -0.25) is 18.4 Å². The molecule has 9 heteroatoms. The minimum Gasteiger partial charge on any atom is -0.390 e. The van der Waals surface area contributed by atoms with Crippen LogP contribution in [0.2, 0.25) is 0 Å². The lowest BCUT2D eigenvalue weighted by Crippen LogP contribution is -2.68. The summed E-state index contributed by atoms with van der Waals surface area (Å²) in [6.07, 6.45) is 12.3. The van der Waals surface area contributed by atoms with Gasteiger partial charge in [-0.15, -0.1) is 0 Å². The summed E-state index contributed by atoms with van der Waals surface area (Å²) in [5.41, 5.74) is 1.32. The van der Waals surface area contributed by atoms with Crippen LogP contribution in [-0.2, 0) is 25.8 Å². The van der Waals surface area contributed by atoms with Gasteiger partial charge in [-0.05, 0) is 171 Å². The molecule has 2 aliphatic heterocycles. The van der Waals surface area contributed by atoms with E-state index >= 15 is 0 Å². The number of benzene rings is 2. The summed E-state index contributed by atoms with van der Waals surface area (Å²) in [7, 11) is 0. The summed E-state index contributed by atoms with van der Waals surface area (Å²) < 4.78 is 29.4. The van der Waals surface area contributed by atoms with Gasteiger partial charge in [0.15, 0.2) is 0 Å². The van der Waals surface area contributed by atoms with Gasteiger partial charge in [0.1, 0.15) is 0 Å². The van der Waals surface area contributed by atoms with Gasteiger partial charge in [0.2, 0.25) is 11.8 Å². The van der Waals surface area contributed by atoms with Gasteiger partial charge in [0.05, 0.1) is 36.3 Å². The van der Waals surface area contributed by atoms with Crippen LogP contribution in [0.5, 0.6) is 0 Å². The van der Waals surface area contributed by atoms with E-state index < -0.39 is 23.6 Å². The Balaban J connectivity index is 1.01. The van der Waals surface area contributed by atoms with Crippen LogP contribution >= 0.6 is 0 Å². The van der Waals surface area contributed by atoms with Crippen molar-refractivity contribution in [3.05, 3.63) is 71.3 Å². The van der Waals surface area contributed by atoms with Crippen LogP contribution < -0.4 is 21.3 Å². The quantitative estimate of drug-likeness (QED) is 0.162. The lowest BCUT2D eigenvalue weighted by molar-refractivity contribution is -0.172. The van der Waals surface area contributed by atoms with Crippen LogP contribution in [-0.4, -0.2) is 74.6 Å². The fraction of sp³-hybridized carbons (Fsp3) is 0.720. The number of piperidine rings is 2. The minimum atomic E-state index is -0.676. The number of carbonyl (C=O) groups is 2. The van der Waals surface area contributed by atoms with Gasteiger partial charge in [0, 0.05) is 19.1 Å². The molecule has 5 N–H and O–H groups in total. The highest BCUT2D eigenvalue weighted by atomic mass is 19.1. The van der Waals surface area contributed by atoms with Gasteiger partial charge in [0.25, 0.3) is 0 Å². The first kappa shape index (κ1) is 40.2. The van der Waals surface area contributed by atoms with Crippen molar-refractivity contribution in [2.75, 3.05) is 39.5 Å². The maximum Gasteiger partial charge on any atom is 0.226 e. The molecule has 0 radical (unpaired) electrons. The number of β-amino-alcohol motifs (C(OH)–C–C–N with tert-alkyl or cyclic N) is 1. The summed E-state index contributed by atoms with van der Waals surface area (Å²) >= 11 is 0. The Morgan fingerprint density at radius 2 is 1.25 bits per heavy atom. The molecule has 2 aromatic rings. The van der Waals surface area contributed by atoms with E-state index in [1.165, 1.54) is 16.7 Å². The van der Waals surface area contributed by atoms with Crippen molar-refractivity contribution >= 4 is 11.8 Å². The molecule has 7 nitrogen and oxygen atoms in total. The number of carbonyl (C=O) groups excluding carboxylic acids is 2. The fourth-order valence-electron chi connectivity index (χ4n) is 16.9. The first-order chi connectivity index (χ1) is 28.2. The monoisotopic (exact) mass is 811 g/mol. The van der Waals surface area contributed by atoms with Gasteiger partial charge < -0.3 is 26.4 Å². The molecule has 2 saturated heterocycles. The van der Waals surface area contributed by atoms with Gasteiger partial charge in [-0.25, -0.2) is 0 Å². The van der Waals surface area contributed by atoms with Crippen LogP contribution in [0.15, 0.2) is 54.6 Å². The minimum absolute atomic E-state index is 0.0344. The third-order valence-corrected chi connectivity index (χ3v) is 18.3. The highest BCUT2D eigenvalue weighted by Gasteiger charge is 2.71. The number of amides is 2. The molecule has 2 aromatic carbocycles. The van der Waals surface area contributed by atoms with Crippen molar-refractivity contribution in [1.82, 2.24) is 21.3 Å². The number of nitrogens with one attached hydrogen (secondary N) is 4. The van der Waals surface area contributed by atoms with E-state index in [4.69, 9.17) is 0 Å². The first-order valence-electron chi connectivity index (χ1n) is 23.2.